The summed E-state index contributed by atoms with van der Waals surface area (Å²) < 4.78 is 7.84. The largest absolute Gasteiger partial charge is 0.497 e. The smallest absolute Gasteiger partial charge is 0.264 e. The van der Waals surface area contributed by atoms with E-state index in [1.165, 1.54) is 0 Å². The molecule has 3 aromatic rings. The number of fused-ring (bicyclic) bond motifs is 1. The van der Waals surface area contributed by atoms with E-state index in [-0.39, 0.29) is 29.8 Å². The van der Waals surface area contributed by atoms with Crippen LogP contribution in [0.4, 0.5) is 5.69 Å². The van der Waals surface area contributed by atoms with Crippen molar-refractivity contribution >= 4 is 44.3 Å². The Balaban J connectivity index is 1.53. The van der Waals surface area contributed by atoms with Gasteiger partial charge in [-0.3, -0.25) is 9.59 Å². The van der Waals surface area contributed by atoms with Gasteiger partial charge in [-0.1, -0.05) is 32.4 Å². The van der Waals surface area contributed by atoms with Crippen LogP contribution in [0.2, 0.25) is 0 Å². The number of halogens is 1. The molecule has 0 atom stereocenters. The fourth-order valence-electron chi connectivity index (χ4n) is 3.75. The maximum atomic E-state index is 12.3. The van der Waals surface area contributed by atoms with Crippen LogP contribution in [-0.2, 0) is 11.3 Å². The van der Waals surface area contributed by atoms with Gasteiger partial charge in [0.05, 0.1) is 18.2 Å². The van der Waals surface area contributed by atoms with Crippen LogP contribution in [0.1, 0.15) is 49.9 Å². The lowest BCUT2D eigenvalue weighted by atomic mass is 10.2. The molecule has 0 radical (unpaired) electrons. The number of hydrogen-bond donors (Lipinski definition) is 2. The summed E-state index contributed by atoms with van der Waals surface area (Å²) in [5, 5.41) is 22.3. The van der Waals surface area contributed by atoms with E-state index in [9.17, 15) is 14.7 Å². The van der Waals surface area contributed by atoms with Crippen molar-refractivity contribution in [3.05, 3.63) is 52.5 Å². The van der Waals surface area contributed by atoms with Gasteiger partial charge >= 0.3 is 0 Å². The van der Waals surface area contributed by atoms with Gasteiger partial charge in [0.15, 0.2) is 5.69 Å². The highest BCUT2D eigenvalue weighted by molar-refractivity contribution is 9.10. The molecule has 2 aromatic carbocycles. The van der Waals surface area contributed by atoms with Gasteiger partial charge in [-0.2, -0.15) is 0 Å². The number of ether oxygens (including phenoxy) is 1. The summed E-state index contributed by atoms with van der Waals surface area (Å²) >= 11 is 3.37. The Bertz CT molecular complexity index is 1220. The minimum atomic E-state index is -0.352. The van der Waals surface area contributed by atoms with Crippen LogP contribution in [0, 0.1) is 5.92 Å². The summed E-state index contributed by atoms with van der Waals surface area (Å²) in [6.45, 7) is 5.26. The highest BCUT2D eigenvalue weighted by atomic mass is 79.9. The lowest BCUT2D eigenvalue weighted by molar-refractivity contribution is -0.118. The number of carbonyl (C=O) groups is 2. The van der Waals surface area contributed by atoms with E-state index in [1.807, 2.05) is 30.3 Å². The molecule has 0 saturated heterocycles. The monoisotopic (exact) mass is 542 g/mol. The lowest BCUT2D eigenvalue weighted by Crippen LogP contribution is -2.24. The second-order valence-corrected chi connectivity index (χ2v) is 9.55. The number of hydrogen-bond acceptors (Lipinski definition) is 5. The summed E-state index contributed by atoms with van der Waals surface area (Å²) in [4.78, 5) is 24.5. The Morgan fingerprint density at radius 1 is 1.14 bits per heavy atom. The Morgan fingerprint density at radius 3 is 2.63 bits per heavy atom. The molecule has 2 amide bonds. The first kappa shape index (κ1) is 26.4. The van der Waals surface area contributed by atoms with E-state index in [2.05, 4.69) is 45.3 Å². The molecule has 0 fully saturated rings. The van der Waals surface area contributed by atoms with Crippen molar-refractivity contribution in [2.24, 2.45) is 16.1 Å². The fourth-order valence-corrected chi connectivity index (χ4v) is 4.22. The average molecular weight is 543 g/mol. The van der Waals surface area contributed by atoms with Crippen LogP contribution in [0.25, 0.3) is 10.9 Å². The highest BCUT2D eigenvalue weighted by Crippen LogP contribution is 2.41. The molecule has 0 aliphatic carbocycles. The molecule has 0 spiro atoms. The summed E-state index contributed by atoms with van der Waals surface area (Å²) in [5.41, 5.74) is 1.67. The van der Waals surface area contributed by atoms with Gasteiger partial charge in [-0.15, -0.1) is 10.2 Å². The summed E-state index contributed by atoms with van der Waals surface area (Å²) in [6.07, 6.45) is 2.41. The molecular formula is C26H31BrN4O4. The number of nitrogens with zero attached hydrogens (tertiary/aromatic N) is 3. The molecule has 186 valence electrons. The predicted octanol–water partition coefficient (Wildman–Crippen LogP) is 6.37. The van der Waals surface area contributed by atoms with Gasteiger partial charge < -0.3 is 19.7 Å². The number of unbranched alkanes of at least 4 members (excludes halogenated alkanes) is 2. The Kier molecular flexibility index (Phi) is 9.42. The van der Waals surface area contributed by atoms with E-state index in [1.54, 1.807) is 23.8 Å². The zero-order valence-electron chi connectivity index (χ0n) is 20.3. The predicted molar refractivity (Wildman–Crippen MR) is 139 cm³/mol. The zero-order chi connectivity index (χ0) is 25.4. The number of amides is 2. The van der Waals surface area contributed by atoms with Crippen LogP contribution in [0.5, 0.6) is 11.6 Å². The molecule has 35 heavy (non-hydrogen) atoms. The molecule has 8 nitrogen and oxygen atoms in total. The first-order valence-corrected chi connectivity index (χ1v) is 12.5. The van der Waals surface area contributed by atoms with Crippen molar-refractivity contribution in [3.8, 4) is 11.6 Å². The standard InChI is InChI=1S/C26H31BrN4O4/c1-17(2)16-31-22-13-12-18(35-3)15-20(22)24(26(31)34)30-29-23(32)11-5-4-8-14-28-25(33)19-9-6-7-10-21(19)27/h6-7,9-10,12-13,15,17,34H,4-5,8,11,14,16H2,1-3H3,(H,28,33). The first-order valence-electron chi connectivity index (χ1n) is 11.7. The van der Waals surface area contributed by atoms with Crippen molar-refractivity contribution in [2.45, 2.75) is 46.1 Å². The molecule has 0 unspecified atom stereocenters. The minimum Gasteiger partial charge on any atom is -0.497 e. The van der Waals surface area contributed by atoms with Gasteiger partial charge in [-0.05, 0) is 65.0 Å². The third-order valence-corrected chi connectivity index (χ3v) is 6.19. The van der Waals surface area contributed by atoms with Gasteiger partial charge in [0.2, 0.25) is 5.88 Å². The van der Waals surface area contributed by atoms with Crippen molar-refractivity contribution in [1.29, 1.82) is 0 Å². The third kappa shape index (κ3) is 6.91. The quantitative estimate of drug-likeness (QED) is 0.216. The van der Waals surface area contributed by atoms with Crippen LogP contribution < -0.4 is 10.1 Å². The molecule has 0 aliphatic heterocycles. The third-order valence-electron chi connectivity index (χ3n) is 5.50. The molecule has 1 aromatic heterocycles. The van der Waals surface area contributed by atoms with Gasteiger partial charge in [0, 0.05) is 29.4 Å². The van der Waals surface area contributed by atoms with E-state index < -0.39 is 0 Å². The van der Waals surface area contributed by atoms with Crippen molar-refractivity contribution in [2.75, 3.05) is 13.7 Å². The second-order valence-electron chi connectivity index (χ2n) is 8.70. The van der Waals surface area contributed by atoms with Crippen molar-refractivity contribution < 1.29 is 19.4 Å². The van der Waals surface area contributed by atoms with Crippen LogP contribution >= 0.6 is 15.9 Å². The van der Waals surface area contributed by atoms with Crippen molar-refractivity contribution in [3.63, 3.8) is 0 Å². The number of rotatable bonds is 11. The van der Waals surface area contributed by atoms with E-state index in [0.29, 0.717) is 42.1 Å². The zero-order valence-corrected chi connectivity index (χ0v) is 21.8. The number of carbonyl (C=O) groups excluding carboxylic acids is 2. The van der Waals surface area contributed by atoms with Crippen LogP contribution in [0.3, 0.4) is 0 Å². The number of benzene rings is 2. The molecule has 0 saturated carbocycles. The highest BCUT2D eigenvalue weighted by Gasteiger charge is 2.18. The lowest BCUT2D eigenvalue weighted by Gasteiger charge is -2.09. The molecule has 0 bridgehead atoms. The maximum Gasteiger partial charge on any atom is 0.264 e. The minimum absolute atomic E-state index is 0.0145. The normalized spacial score (nSPS) is 11.5. The molecule has 2 N–H and O–H groups in total. The molecular weight excluding hydrogens is 512 g/mol. The summed E-state index contributed by atoms with van der Waals surface area (Å²) in [6, 6.07) is 12.7. The summed E-state index contributed by atoms with van der Waals surface area (Å²) in [7, 11) is 1.57. The molecule has 0 aliphatic rings. The van der Waals surface area contributed by atoms with Gasteiger partial charge in [0.25, 0.3) is 11.8 Å². The molecule has 9 heteroatoms. The Hall–Kier alpha value is -3.20. The fraction of sp³-hybridized carbons (Fsp3) is 0.385. The Labute approximate surface area is 213 Å². The number of nitrogens with one attached hydrogen (secondary N) is 1. The average Bonchev–Trinajstić information content (AvgIpc) is 3.09. The van der Waals surface area contributed by atoms with Gasteiger partial charge in [-0.25, -0.2) is 0 Å². The van der Waals surface area contributed by atoms with Gasteiger partial charge in [0.1, 0.15) is 5.75 Å². The number of azo groups is 1. The van der Waals surface area contributed by atoms with Crippen molar-refractivity contribution in [1.82, 2.24) is 9.88 Å². The van der Waals surface area contributed by atoms with E-state index in [0.717, 1.165) is 22.8 Å². The molecule has 3 rings (SSSR count). The topological polar surface area (TPSA) is 105 Å². The second kappa shape index (κ2) is 12.5. The van der Waals surface area contributed by atoms with E-state index in [4.69, 9.17) is 4.74 Å². The number of methoxy groups -OCH3 is 1. The Morgan fingerprint density at radius 2 is 1.91 bits per heavy atom. The SMILES string of the molecule is COc1ccc2c(c1)c(N=NC(=O)CCCCCNC(=O)c1ccccc1Br)c(O)n2CC(C)C. The number of aromatic nitrogens is 1. The summed E-state index contributed by atoms with van der Waals surface area (Å²) in [5.74, 6) is 0.446. The van der Waals surface area contributed by atoms with Crippen LogP contribution in [0.15, 0.2) is 57.2 Å². The number of aromatic hydroxyl groups is 1. The maximum absolute atomic E-state index is 12.3. The van der Waals surface area contributed by atoms with E-state index >= 15 is 0 Å². The molecule has 1 heterocycles. The van der Waals surface area contributed by atoms with Crippen LogP contribution in [-0.4, -0.2) is 35.1 Å². The first-order chi connectivity index (χ1) is 16.8.